The molecule has 0 N–H and O–H groups in total. The average molecular weight is 680 g/mol. The second-order valence-electron chi connectivity index (χ2n) is 14.5. The highest BCUT2D eigenvalue weighted by Gasteiger charge is 2.35. The van der Waals surface area contributed by atoms with Gasteiger partial charge in [-0.25, -0.2) is 0 Å². The number of pyridine rings is 1. The molecule has 0 amide bonds. The molecular formula is C50H37N3. The number of anilines is 3. The summed E-state index contributed by atoms with van der Waals surface area (Å²) in [5, 5.41) is 2.49. The molecule has 0 radical (unpaired) electrons. The van der Waals surface area contributed by atoms with E-state index in [0.29, 0.717) is 0 Å². The van der Waals surface area contributed by atoms with Gasteiger partial charge in [0.15, 0.2) is 0 Å². The molecule has 0 saturated carbocycles. The zero-order valence-corrected chi connectivity index (χ0v) is 29.7. The van der Waals surface area contributed by atoms with Crippen molar-refractivity contribution in [1.82, 2.24) is 9.55 Å². The van der Waals surface area contributed by atoms with Gasteiger partial charge in [-0.15, -0.1) is 0 Å². The van der Waals surface area contributed by atoms with E-state index >= 15 is 0 Å². The molecule has 3 heteroatoms. The monoisotopic (exact) mass is 679 g/mol. The van der Waals surface area contributed by atoms with Crippen molar-refractivity contribution < 1.29 is 0 Å². The van der Waals surface area contributed by atoms with Crippen LogP contribution in [0.4, 0.5) is 17.1 Å². The van der Waals surface area contributed by atoms with Gasteiger partial charge in [-0.3, -0.25) is 4.98 Å². The summed E-state index contributed by atoms with van der Waals surface area (Å²) in [5.41, 5.74) is 16.7. The second-order valence-corrected chi connectivity index (χ2v) is 14.5. The SMILES string of the molecule is CC1(C)c2ccccc2-n2c3cnccc3c3cc(-c4ccc(N(c5ccc(-c6ccccc6)cc5)c5ccc(-c6ccccc6)cc5)cc4)cc1c32. The van der Waals surface area contributed by atoms with Crippen LogP contribution in [0.25, 0.3) is 60.9 Å². The smallest absolute Gasteiger partial charge is 0.0724 e. The van der Waals surface area contributed by atoms with Crippen LogP contribution in [0.2, 0.25) is 0 Å². The molecule has 10 rings (SSSR count). The van der Waals surface area contributed by atoms with Gasteiger partial charge < -0.3 is 9.47 Å². The van der Waals surface area contributed by atoms with Crippen LogP contribution in [0, 0.1) is 0 Å². The van der Waals surface area contributed by atoms with Crippen molar-refractivity contribution in [2.24, 2.45) is 0 Å². The maximum atomic E-state index is 4.55. The molecule has 0 saturated heterocycles. The minimum atomic E-state index is -0.169. The van der Waals surface area contributed by atoms with E-state index in [4.69, 9.17) is 0 Å². The molecule has 252 valence electrons. The summed E-state index contributed by atoms with van der Waals surface area (Å²) in [4.78, 5) is 6.90. The zero-order valence-electron chi connectivity index (χ0n) is 29.7. The summed E-state index contributed by atoms with van der Waals surface area (Å²) in [6.45, 7) is 4.72. The molecule has 3 nitrogen and oxygen atoms in total. The number of para-hydroxylation sites is 1. The third kappa shape index (κ3) is 5.08. The first-order chi connectivity index (χ1) is 26.0. The van der Waals surface area contributed by atoms with Gasteiger partial charge in [0.1, 0.15) is 0 Å². The molecule has 3 heterocycles. The molecular weight excluding hydrogens is 643 g/mol. The van der Waals surface area contributed by atoms with Crippen LogP contribution < -0.4 is 4.90 Å². The van der Waals surface area contributed by atoms with E-state index in [1.807, 2.05) is 12.4 Å². The van der Waals surface area contributed by atoms with E-state index in [-0.39, 0.29) is 5.41 Å². The van der Waals surface area contributed by atoms with E-state index in [9.17, 15) is 0 Å². The van der Waals surface area contributed by atoms with Crippen molar-refractivity contribution >= 4 is 38.9 Å². The second kappa shape index (κ2) is 12.2. The first-order valence-electron chi connectivity index (χ1n) is 18.3. The molecule has 0 atom stereocenters. The van der Waals surface area contributed by atoms with Gasteiger partial charge in [0.2, 0.25) is 0 Å². The first-order valence-corrected chi connectivity index (χ1v) is 18.3. The normalized spacial score (nSPS) is 12.9. The molecule has 0 aliphatic carbocycles. The predicted octanol–water partition coefficient (Wildman–Crippen LogP) is 13.3. The lowest BCUT2D eigenvalue weighted by atomic mass is 9.74. The third-order valence-corrected chi connectivity index (χ3v) is 11.1. The average Bonchev–Trinajstić information content (AvgIpc) is 3.56. The molecule has 1 aliphatic rings. The quantitative estimate of drug-likeness (QED) is 0.174. The highest BCUT2D eigenvalue weighted by molar-refractivity contribution is 6.12. The summed E-state index contributed by atoms with van der Waals surface area (Å²) in [7, 11) is 0. The van der Waals surface area contributed by atoms with Gasteiger partial charge in [0, 0.05) is 39.4 Å². The standard InChI is InChI=1S/C50H37N3/c1-50(2)45-15-9-10-16-47(45)53-48-33-51-30-29-43(48)44-31-39(32-46(50)49(44)53)38-21-27-42(28-22-38)52(40-23-17-36(18-24-40)34-11-5-3-6-12-34)41-25-19-37(20-26-41)35-13-7-4-8-14-35/h3-33H,1-2H3. The number of fused-ring (bicyclic) bond motifs is 5. The summed E-state index contributed by atoms with van der Waals surface area (Å²) in [5.74, 6) is 0. The number of aromatic nitrogens is 2. The van der Waals surface area contributed by atoms with E-state index in [2.05, 4.69) is 204 Å². The third-order valence-electron chi connectivity index (χ3n) is 11.1. The van der Waals surface area contributed by atoms with E-state index in [1.54, 1.807) is 0 Å². The predicted molar refractivity (Wildman–Crippen MR) is 222 cm³/mol. The van der Waals surface area contributed by atoms with E-state index < -0.39 is 0 Å². The molecule has 1 aliphatic heterocycles. The van der Waals surface area contributed by atoms with Crippen LogP contribution >= 0.6 is 0 Å². The number of benzene rings is 7. The number of rotatable bonds is 6. The van der Waals surface area contributed by atoms with Crippen molar-refractivity contribution in [3.8, 4) is 39.1 Å². The molecule has 0 spiro atoms. The van der Waals surface area contributed by atoms with E-state index in [1.165, 1.54) is 66.5 Å². The number of nitrogens with zero attached hydrogens (tertiary/aromatic N) is 3. The van der Waals surface area contributed by atoms with Gasteiger partial charge >= 0.3 is 0 Å². The summed E-state index contributed by atoms with van der Waals surface area (Å²) in [6, 6.07) is 63.8. The Morgan fingerprint density at radius 3 is 1.51 bits per heavy atom. The Bertz CT molecular complexity index is 2680. The summed E-state index contributed by atoms with van der Waals surface area (Å²) in [6.07, 6.45) is 3.92. The fraction of sp³-hybridized carbons (Fsp3) is 0.0600. The Morgan fingerprint density at radius 2 is 0.943 bits per heavy atom. The minimum absolute atomic E-state index is 0.169. The Labute approximate surface area is 310 Å². The Kier molecular flexibility index (Phi) is 7.16. The van der Waals surface area contributed by atoms with Crippen molar-refractivity contribution in [3.63, 3.8) is 0 Å². The topological polar surface area (TPSA) is 21.1 Å². The molecule has 9 aromatic rings. The molecule has 0 fully saturated rings. The highest BCUT2D eigenvalue weighted by Crippen LogP contribution is 2.49. The molecule has 7 aromatic carbocycles. The Morgan fingerprint density at radius 1 is 0.453 bits per heavy atom. The Hall–Kier alpha value is -6.71. The maximum absolute atomic E-state index is 4.55. The fourth-order valence-electron chi connectivity index (χ4n) is 8.35. The highest BCUT2D eigenvalue weighted by atomic mass is 15.1. The van der Waals surface area contributed by atoms with Crippen molar-refractivity contribution in [3.05, 3.63) is 199 Å². The summed E-state index contributed by atoms with van der Waals surface area (Å²) < 4.78 is 2.42. The van der Waals surface area contributed by atoms with Gasteiger partial charge in [0.05, 0.1) is 22.9 Å². The lowest BCUT2D eigenvalue weighted by Crippen LogP contribution is -2.26. The first kappa shape index (κ1) is 31.1. The largest absolute Gasteiger partial charge is 0.311 e. The number of hydrogen-bond acceptors (Lipinski definition) is 2. The zero-order chi connectivity index (χ0) is 35.5. The van der Waals surface area contributed by atoms with Gasteiger partial charge in [0.25, 0.3) is 0 Å². The van der Waals surface area contributed by atoms with Crippen LogP contribution in [0.5, 0.6) is 0 Å². The minimum Gasteiger partial charge on any atom is -0.311 e. The molecule has 2 aromatic heterocycles. The molecule has 53 heavy (non-hydrogen) atoms. The Balaban J connectivity index is 1.08. The van der Waals surface area contributed by atoms with Crippen molar-refractivity contribution in [2.45, 2.75) is 19.3 Å². The van der Waals surface area contributed by atoms with E-state index in [0.717, 1.165) is 22.6 Å². The van der Waals surface area contributed by atoms with Crippen molar-refractivity contribution in [2.75, 3.05) is 4.90 Å². The number of hydrogen-bond donors (Lipinski definition) is 0. The lowest BCUT2D eigenvalue weighted by Gasteiger charge is -2.35. The fourth-order valence-corrected chi connectivity index (χ4v) is 8.35. The summed E-state index contributed by atoms with van der Waals surface area (Å²) >= 11 is 0. The van der Waals surface area contributed by atoms with Crippen LogP contribution in [0.1, 0.15) is 25.0 Å². The maximum Gasteiger partial charge on any atom is 0.0724 e. The van der Waals surface area contributed by atoms with Crippen LogP contribution in [0.15, 0.2) is 188 Å². The van der Waals surface area contributed by atoms with Gasteiger partial charge in [-0.2, -0.15) is 0 Å². The molecule has 0 unspecified atom stereocenters. The van der Waals surface area contributed by atoms with Crippen LogP contribution in [0.3, 0.4) is 0 Å². The molecule has 0 bridgehead atoms. The van der Waals surface area contributed by atoms with Crippen LogP contribution in [-0.4, -0.2) is 9.55 Å². The van der Waals surface area contributed by atoms with Crippen LogP contribution in [-0.2, 0) is 5.41 Å². The van der Waals surface area contributed by atoms with Gasteiger partial charge in [-0.1, -0.05) is 129 Å². The van der Waals surface area contributed by atoms with Gasteiger partial charge in [-0.05, 0) is 105 Å². The van der Waals surface area contributed by atoms with Crippen molar-refractivity contribution in [1.29, 1.82) is 0 Å². The lowest BCUT2D eigenvalue weighted by molar-refractivity contribution is 0.630.